The lowest BCUT2D eigenvalue weighted by Gasteiger charge is -2.11. The first-order chi connectivity index (χ1) is 15.6. The highest BCUT2D eigenvalue weighted by Crippen LogP contribution is 2.30. The van der Waals surface area contributed by atoms with Gasteiger partial charge in [-0.05, 0) is 30.7 Å². The van der Waals surface area contributed by atoms with E-state index < -0.39 is 0 Å². The molecule has 0 bridgehead atoms. The fraction of sp³-hybridized carbons (Fsp3) is 0.0400. The molecule has 7 heteroatoms. The Labute approximate surface area is 189 Å². The van der Waals surface area contributed by atoms with Crippen molar-refractivity contribution in [2.75, 3.05) is 5.32 Å². The summed E-state index contributed by atoms with van der Waals surface area (Å²) in [5.74, 6) is 0.590. The smallest absolute Gasteiger partial charge is 0.252 e. The third-order valence-electron chi connectivity index (χ3n) is 5.10. The van der Waals surface area contributed by atoms with E-state index in [0.717, 1.165) is 33.3 Å². The summed E-state index contributed by atoms with van der Waals surface area (Å²) in [7, 11) is 0. The molecule has 0 spiro atoms. The normalized spacial score (nSPS) is 10.9. The van der Waals surface area contributed by atoms with E-state index in [1.807, 2.05) is 73.7 Å². The summed E-state index contributed by atoms with van der Waals surface area (Å²) >= 11 is 6.23. The highest BCUT2D eigenvalue weighted by molar-refractivity contribution is 6.31. The number of hydrogen-bond acceptors (Lipinski definition) is 5. The van der Waals surface area contributed by atoms with E-state index in [1.54, 1.807) is 6.07 Å². The molecule has 3 aromatic carbocycles. The molecule has 0 aliphatic carbocycles. The molecule has 6 nitrogen and oxygen atoms in total. The third kappa shape index (κ3) is 3.96. The molecule has 0 unspecified atom stereocenters. The van der Waals surface area contributed by atoms with Crippen molar-refractivity contribution in [2.45, 2.75) is 6.92 Å². The van der Waals surface area contributed by atoms with Crippen molar-refractivity contribution in [3.63, 3.8) is 0 Å². The molecular formula is C25H18ClN5O. The van der Waals surface area contributed by atoms with Crippen molar-refractivity contribution >= 4 is 34.4 Å². The van der Waals surface area contributed by atoms with E-state index in [1.165, 1.54) is 6.07 Å². The van der Waals surface area contributed by atoms with Gasteiger partial charge in [0, 0.05) is 27.6 Å². The fourth-order valence-electron chi connectivity index (χ4n) is 3.59. The Morgan fingerprint density at radius 2 is 1.66 bits per heavy atom. The first-order valence-corrected chi connectivity index (χ1v) is 10.4. The molecule has 0 saturated carbocycles. The topological polar surface area (TPSA) is 83.6 Å². The standard InChI is InChI=1S/C25H18ClN5O/c1-15-7-5-6-10-18(15)21-14-22(32)29-24(28-21)31-25-27-20-12-11-17(26)13-19(20)23(30-25)16-8-3-2-4-9-16/h2-14H,1H3,(H2,27,28,29,30,31,32). The fourth-order valence-corrected chi connectivity index (χ4v) is 3.77. The maximum Gasteiger partial charge on any atom is 0.252 e. The molecule has 0 aliphatic rings. The van der Waals surface area contributed by atoms with Gasteiger partial charge >= 0.3 is 0 Å². The van der Waals surface area contributed by atoms with Gasteiger partial charge in [0.05, 0.1) is 16.9 Å². The Morgan fingerprint density at radius 1 is 0.875 bits per heavy atom. The number of benzene rings is 3. The number of fused-ring (bicyclic) bond motifs is 1. The molecule has 2 heterocycles. The van der Waals surface area contributed by atoms with Crippen molar-refractivity contribution < 1.29 is 0 Å². The summed E-state index contributed by atoms with van der Waals surface area (Å²) in [5.41, 5.74) is 4.62. The largest absolute Gasteiger partial charge is 0.294 e. The van der Waals surface area contributed by atoms with Crippen LogP contribution in [0.15, 0.2) is 83.7 Å². The molecule has 0 aliphatic heterocycles. The second-order valence-electron chi connectivity index (χ2n) is 7.34. The van der Waals surface area contributed by atoms with Gasteiger partial charge in [-0.25, -0.2) is 15.0 Å². The molecule has 0 amide bonds. The summed E-state index contributed by atoms with van der Waals surface area (Å²) < 4.78 is 0. The van der Waals surface area contributed by atoms with Gasteiger partial charge in [-0.2, -0.15) is 0 Å². The number of nitrogens with zero attached hydrogens (tertiary/aromatic N) is 3. The van der Waals surface area contributed by atoms with Crippen LogP contribution in [-0.4, -0.2) is 19.9 Å². The highest BCUT2D eigenvalue weighted by atomic mass is 35.5. The average molecular weight is 440 g/mol. The van der Waals surface area contributed by atoms with Crippen LogP contribution in [0.1, 0.15) is 5.56 Å². The quantitative estimate of drug-likeness (QED) is 0.372. The van der Waals surface area contributed by atoms with E-state index in [-0.39, 0.29) is 11.5 Å². The molecule has 5 rings (SSSR count). The van der Waals surface area contributed by atoms with Crippen molar-refractivity contribution in [2.24, 2.45) is 0 Å². The Bertz CT molecular complexity index is 1500. The second-order valence-corrected chi connectivity index (χ2v) is 7.78. The van der Waals surface area contributed by atoms with Gasteiger partial charge in [0.2, 0.25) is 11.9 Å². The maximum absolute atomic E-state index is 12.3. The van der Waals surface area contributed by atoms with Crippen LogP contribution < -0.4 is 10.9 Å². The van der Waals surface area contributed by atoms with Gasteiger partial charge in [0.25, 0.3) is 5.56 Å². The number of rotatable bonds is 4. The number of nitrogens with one attached hydrogen (secondary N) is 2. The van der Waals surface area contributed by atoms with E-state index in [0.29, 0.717) is 16.7 Å². The molecule has 0 fully saturated rings. The maximum atomic E-state index is 12.3. The molecule has 0 radical (unpaired) electrons. The van der Waals surface area contributed by atoms with E-state index >= 15 is 0 Å². The summed E-state index contributed by atoms with van der Waals surface area (Å²) in [6.07, 6.45) is 0. The second kappa shape index (κ2) is 8.24. The van der Waals surface area contributed by atoms with Crippen LogP contribution in [0.2, 0.25) is 5.02 Å². The zero-order valence-electron chi connectivity index (χ0n) is 17.1. The highest BCUT2D eigenvalue weighted by Gasteiger charge is 2.13. The molecule has 2 N–H and O–H groups in total. The minimum absolute atomic E-state index is 0.267. The predicted octanol–water partition coefficient (Wildman–Crippen LogP) is 5.75. The summed E-state index contributed by atoms with van der Waals surface area (Å²) in [4.78, 5) is 29.0. The Kier molecular flexibility index (Phi) is 5.13. The van der Waals surface area contributed by atoms with Gasteiger partial charge in [-0.3, -0.25) is 15.1 Å². The molecule has 156 valence electrons. The minimum atomic E-state index is -0.267. The summed E-state index contributed by atoms with van der Waals surface area (Å²) in [6, 6.07) is 24.5. The lowest BCUT2D eigenvalue weighted by molar-refractivity contribution is 1.09. The van der Waals surface area contributed by atoms with Gasteiger partial charge < -0.3 is 0 Å². The van der Waals surface area contributed by atoms with E-state index in [9.17, 15) is 4.79 Å². The van der Waals surface area contributed by atoms with Crippen LogP contribution in [0.5, 0.6) is 0 Å². The van der Waals surface area contributed by atoms with Gasteiger partial charge in [0.1, 0.15) is 0 Å². The molecule has 0 saturated heterocycles. The predicted molar refractivity (Wildman–Crippen MR) is 128 cm³/mol. The van der Waals surface area contributed by atoms with Gasteiger partial charge in [-0.1, -0.05) is 66.2 Å². The number of anilines is 2. The Hall–Kier alpha value is -4.03. The number of aromatic amines is 1. The van der Waals surface area contributed by atoms with Gasteiger partial charge in [0.15, 0.2) is 0 Å². The van der Waals surface area contributed by atoms with Crippen molar-refractivity contribution in [1.82, 2.24) is 19.9 Å². The van der Waals surface area contributed by atoms with Crippen molar-refractivity contribution in [3.05, 3.63) is 99.8 Å². The van der Waals surface area contributed by atoms with Crippen LogP contribution in [0.3, 0.4) is 0 Å². The lowest BCUT2D eigenvalue weighted by Crippen LogP contribution is -2.12. The Balaban J connectivity index is 1.62. The Morgan fingerprint density at radius 3 is 2.47 bits per heavy atom. The zero-order valence-corrected chi connectivity index (χ0v) is 17.9. The number of halogens is 1. The lowest BCUT2D eigenvalue weighted by atomic mass is 10.1. The summed E-state index contributed by atoms with van der Waals surface area (Å²) in [6.45, 7) is 1.98. The van der Waals surface area contributed by atoms with Crippen LogP contribution in [0.4, 0.5) is 11.9 Å². The molecule has 32 heavy (non-hydrogen) atoms. The molecular weight excluding hydrogens is 422 g/mol. The monoisotopic (exact) mass is 439 g/mol. The van der Waals surface area contributed by atoms with Crippen LogP contribution in [-0.2, 0) is 0 Å². The average Bonchev–Trinajstić information content (AvgIpc) is 2.79. The van der Waals surface area contributed by atoms with Crippen LogP contribution in [0, 0.1) is 6.92 Å². The zero-order chi connectivity index (χ0) is 22.1. The van der Waals surface area contributed by atoms with Gasteiger partial charge in [-0.15, -0.1) is 0 Å². The summed E-state index contributed by atoms with van der Waals surface area (Å²) in [5, 5.41) is 4.51. The number of hydrogen-bond donors (Lipinski definition) is 2. The van der Waals surface area contributed by atoms with Crippen LogP contribution >= 0.6 is 11.6 Å². The van der Waals surface area contributed by atoms with Crippen molar-refractivity contribution in [3.8, 4) is 22.5 Å². The number of aromatic nitrogens is 4. The molecule has 0 atom stereocenters. The SMILES string of the molecule is Cc1ccccc1-c1cc(=O)[nH]c(Nc2nc(-c3ccccc3)c3cc(Cl)ccc3n2)n1. The number of aryl methyl sites for hydroxylation is 1. The molecule has 2 aromatic heterocycles. The molecule has 5 aromatic rings. The first kappa shape index (κ1) is 19.9. The van der Waals surface area contributed by atoms with Crippen LogP contribution in [0.25, 0.3) is 33.4 Å². The van der Waals surface area contributed by atoms with E-state index in [4.69, 9.17) is 16.6 Å². The number of H-pyrrole nitrogens is 1. The van der Waals surface area contributed by atoms with E-state index in [2.05, 4.69) is 20.3 Å². The third-order valence-corrected chi connectivity index (χ3v) is 5.33. The minimum Gasteiger partial charge on any atom is -0.294 e. The van der Waals surface area contributed by atoms with Crippen molar-refractivity contribution in [1.29, 1.82) is 0 Å². The first-order valence-electron chi connectivity index (χ1n) is 10.0.